The number of hydrogen-bond donors (Lipinski definition) is 1. The first kappa shape index (κ1) is 24.7. The number of alkyl halides is 6. The summed E-state index contributed by atoms with van der Waals surface area (Å²) in [6.07, 6.45) is -9.47. The molecule has 8 heteroatoms. The van der Waals surface area contributed by atoms with Gasteiger partial charge in [0.25, 0.3) is 5.60 Å². The van der Waals surface area contributed by atoms with Gasteiger partial charge in [-0.1, -0.05) is 20.3 Å². The molecule has 7 atom stereocenters. The molecule has 1 nitrogen and oxygen atoms in total. The number of rotatable bonds is 3. The van der Waals surface area contributed by atoms with Crippen molar-refractivity contribution in [3.8, 4) is 0 Å². The van der Waals surface area contributed by atoms with Crippen molar-refractivity contribution in [1.29, 1.82) is 0 Å². The van der Waals surface area contributed by atoms with Crippen molar-refractivity contribution in [1.82, 2.24) is 0 Å². The predicted molar refractivity (Wildman–Crippen MR) is 82.3 cm³/mol. The van der Waals surface area contributed by atoms with E-state index in [1.54, 1.807) is 0 Å². The van der Waals surface area contributed by atoms with Gasteiger partial charge in [0.15, 0.2) is 0 Å². The van der Waals surface area contributed by atoms with Gasteiger partial charge in [-0.2, -0.15) is 26.3 Å². The average Bonchev–Trinajstić information content (AvgIpc) is 3.07. The van der Waals surface area contributed by atoms with Crippen LogP contribution in [0.1, 0.15) is 46.0 Å². The van der Waals surface area contributed by atoms with E-state index in [1.165, 1.54) is 0 Å². The molecule has 0 saturated heterocycles. The molecular weight excluding hydrogens is 435 g/mol. The maximum Gasteiger partial charge on any atom is 0.426 e. The van der Waals surface area contributed by atoms with Gasteiger partial charge in [0.05, 0.1) is 0 Å². The van der Waals surface area contributed by atoms with Gasteiger partial charge < -0.3 is 12.5 Å². The summed E-state index contributed by atoms with van der Waals surface area (Å²) < 4.78 is 77.9. The van der Waals surface area contributed by atoms with Crippen LogP contribution in [0.3, 0.4) is 0 Å². The number of halogens is 6. The molecule has 151 valence electrons. The van der Waals surface area contributed by atoms with Gasteiger partial charge in [-0.15, -0.1) is 0 Å². The topological polar surface area (TPSA) is 20.2 Å². The zero-order chi connectivity index (χ0) is 18.1. The zero-order valence-corrected chi connectivity index (χ0v) is 18.2. The summed E-state index contributed by atoms with van der Waals surface area (Å²) in [5.41, 5.74) is -4.59. The summed E-state index contributed by atoms with van der Waals surface area (Å²) in [4.78, 5) is 0. The minimum Gasteiger partial charge on any atom is -0.374 e. The Hall–Kier alpha value is 0.644. The van der Waals surface area contributed by atoms with E-state index in [-0.39, 0.29) is 57.9 Å². The third kappa shape index (κ3) is 3.63. The van der Waals surface area contributed by atoms with E-state index < -0.39 is 30.3 Å². The van der Waals surface area contributed by atoms with Crippen LogP contribution < -0.4 is 0 Å². The van der Waals surface area contributed by atoms with Crippen molar-refractivity contribution in [2.24, 2.45) is 41.4 Å². The second-order valence-corrected chi connectivity index (χ2v) is 8.25. The minimum absolute atomic E-state index is 0. The van der Waals surface area contributed by atoms with Crippen molar-refractivity contribution >= 4 is 0 Å². The van der Waals surface area contributed by atoms with Crippen LogP contribution in [0.15, 0.2) is 0 Å². The van der Waals surface area contributed by atoms with E-state index in [2.05, 4.69) is 13.8 Å². The summed E-state index contributed by atoms with van der Waals surface area (Å²) in [6.45, 7) is 4.18. The molecule has 7 unspecified atom stereocenters. The quantitative estimate of drug-likeness (QED) is 0.426. The normalized spacial score (nSPS) is 39.3. The van der Waals surface area contributed by atoms with Crippen molar-refractivity contribution in [3.05, 3.63) is 7.43 Å². The predicted octanol–water partition coefficient (Wildman–Crippen LogP) is 5.63. The van der Waals surface area contributed by atoms with E-state index in [0.717, 1.165) is 19.3 Å². The van der Waals surface area contributed by atoms with E-state index in [9.17, 15) is 31.4 Å². The third-order valence-electron chi connectivity index (χ3n) is 7.16. The van der Waals surface area contributed by atoms with E-state index in [0.29, 0.717) is 24.2 Å². The minimum atomic E-state index is -5.69. The standard InChI is InChI=1S/C17H24F6O.CH3.Y/c1-3-9-4-8(2)13-12-6-10(14(9)13)5-11(12)7-15(24,16(18,19)20)17(21,22)23;;/h8-14,24H,3-7H2,1-2H3;1H3;/q;-1;. The van der Waals surface area contributed by atoms with Gasteiger partial charge in [-0.3, -0.25) is 0 Å². The second-order valence-electron chi connectivity index (χ2n) is 8.25. The first-order chi connectivity index (χ1) is 10.9. The van der Waals surface area contributed by atoms with Gasteiger partial charge in [0.2, 0.25) is 0 Å². The molecule has 3 fully saturated rings. The summed E-state index contributed by atoms with van der Waals surface area (Å²) in [5.74, 6) is 1.00. The van der Waals surface area contributed by atoms with E-state index >= 15 is 0 Å². The third-order valence-corrected chi connectivity index (χ3v) is 7.16. The molecule has 2 bridgehead atoms. The van der Waals surface area contributed by atoms with E-state index in [4.69, 9.17) is 0 Å². The molecule has 0 amide bonds. The molecule has 0 spiro atoms. The van der Waals surface area contributed by atoms with Gasteiger partial charge in [-0.05, 0) is 67.1 Å². The molecule has 0 heterocycles. The molecule has 3 aliphatic rings. The summed E-state index contributed by atoms with van der Waals surface area (Å²) in [6, 6.07) is 0. The van der Waals surface area contributed by atoms with Gasteiger partial charge >= 0.3 is 12.4 Å². The fraction of sp³-hybridized carbons (Fsp3) is 0.944. The summed E-state index contributed by atoms with van der Waals surface area (Å²) >= 11 is 0. The Morgan fingerprint density at radius 3 is 1.88 bits per heavy atom. The van der Waals surface area contributed by atoms with Crippen LogP contribution in [0.4, 0.5) is 26.3 Å². The smallest absolute Gasteiger partial charge is 0.374 e. The summed E-state index contributed by atoms with van der Waals surface area (Å²) in [5, 5.41) is 9.53. The number of fused-ring (bicyclic) bond motifs is 5. The molecule has 0 aromatic carbocycles. The van der Waals surface area contributed by atoms with Crippen LogP contribution in [-0.4, -0.2) is 23.1 Å². The fourth-order valence-corrected chi connectivity index (χ4v) is 6.32. The van der Waals surface area contributed by atoms with E-state index in [1.807, 2.05) is 0 Å². The molecule has 3 rings (SSSR count). The fourth-order valence-electron chi connectivity index (χ4n) is 6.32. The van der Waals surface area contributed by atoms with Crippen LogP contribution in [-0.2, 0) is 32.7 Å². The monoisotopic (exact) mass is 462 g/mol. The van der Waals surface area contributed by atoms with Crippen molar-refractivity contribution in [2.75, 3.05) is 0 Å². The second kappa shape index (κ2) is 7.81. The van der Waals surface area contributed by atoms with Crippen LogP contribution in [0.25, 0.3) is 0 Å². The number of aliphatic hydroxyl groups is 1. The van der Waals surface area contributed by atoms with Crippen LogP contribution >= 0.6 is 0 Å². The molecule has 26 heavy (non-hydrogen) atoms. The zero-order valence-electron chi connectivity index (χ0n) is 15.4. The van der Waals surface area contributed by atoms with Crippen molar-refractivity contribution in [3.63, 3.8) is 0 Å². The molecule has 0 aliphatic heterocycles. The largest absolute Gasteiger partial charge is 0.426 e. The van der Waals surface area contributed by atoms with Crippen LogP contribution in [0, 0.1) is 48.9 Å². The maximum atomic E-state index is 13.0. The Bertz CT molecular complexity index is 477. The molecule has 1 radical (unpaired) electrons. The van der Waals surface area contributed by atoms with Crippen molar-refractivity contribution in [2.45, 2.75) is 63.9 Å². The Morgan fingerprint density at radius 1 is 0.885 bits per heavy atom. The molecular formula is C18H27F6OY-. The Labute approximate surface area is 176 Å². The first-order valence-corrected chi connectivity index (χ1v) is 8.76. The molecule has 0 aromatic rings. The number of hydrogen-bond acceptors (Lipinski definition) is 1. The van der Waals surface area contributed by atoms with Crippen LogP contribution in [0.5, 0.6) is 0 Å². The molecule has 0 aromatic heterocycles. The average molecular weight is 462 g/mol. The van der Waals surface area contributed by atoms with Gasteiger partial charge in [-0.25, -0.2) is 0 Å². The summed E-state index contributed by atoms with van der Waals surface area (Å²) in [7, 11) is 0. The Balaban J connectivity index is 0.00000169. The molecule has 3 saturated carbocycles. The first-order valence-electron chi connectivity index (χ1n) is 8.76. The Kier molecular flexibility index (Phi) is 7.42. The van der Waals surface area contributed by atoms with Crippen molar-refractivity contribution < 1.29 is 64.2 Å². The molecule has 1 N–H and O–H groups in total. The SMILES string of the molecule is CCC1CC(C)C2C3CC(CC3CC(O)(C(F)(F)F)C(F)(F)F)C12.[CH3-].[Y]. The molecule has 3 aliphatic carbocycles. The van der Waals surface area contributed by atoms with Gasteiger partial charge in [0, 0.05) is 32.7 Å². The Morgan fingerprint density at radius 2 is 1.42 bits per heavy atom. The van der Waals surface area contributed by atoms with Crippen LogP contribution in [0.2, 0.25) is 0 Å². The van der Waals surface area contributed by atoms with Gasteiger partial charge in [0.1, 0.15) is 0 Å². The maximum absolute atomic E-state index is 13.0.